The number of carbonyl (C=O) groups is 3. The van der Waals surface area contributed by atoms with Crippen LogP contribution >= 0.6 is 0 Å². The van der Waals surface area contributed by atoms with Crippen LogP contribution in [0.15, 0.2) is 52.7 Å². The van der Waals surface area contributed by atoms with Gasteiger partial charge in [-0.05, 0) is 51.5 Å². The lowest BCUT2D eigenvalue weighted by Gasteiger charge is -2.19. The van der Waals surface area contributed by atoms with E-state index in [0.29, 0.717) is 24.4 Å². The van der Waals surface area contributed by atoms with E-state index in [4.69, 9.17) is 15.2 Å². The average Bonchev–Trinajstić information content (AvgIpc) is 2.73. The standard InChI is InChI=1S/C22H28N6O5/c1-22(2,3)33-21(31)24-14-18(29)26-17-12-11-16(20(23)27-17)28-25-13-7-10-19(30)32-15-8-5-4-6-9-15/h4-6,8-9,11-12H,7,10,13-14H2,1-3H3,(H,24,31)(H3,23,26,27,29). The van der Waals surface area contributed by atoms with Gasteiger partial charge < -0.3 is 25.8 Å². The predicted molar refractivity (Wildman–Crippen MR) is 122 cm³/mol. The largest absolute Gasteiger partial charge is 0.444 e. The number of anilines is 2. The molecule has 2 rings (SSSR count). The number of pyridine rings is 1. The van der Waals surface area contributed by atoms with Crippen LogP contribution in [-0.2, 0) is 14.3 Å². The van der Waals surface area contributed by atoms with Crippen molar-refractivity contribution in [1.29, 1.82) is 0 Å². The van der Waals surface area contributed by atoms with E-state index in [-0.39, 0.29) is 30.6 Å². The topological polar surface area (TPSA) is 157 Å². The van der Waals surface area contributed by atoms with Crippen molar-refractivity contribution in [2.75, 3.05) is 24.1 Å². The van der Waals surface area contributed by atoms with Crippen LogP contribution in [-0.4, -0.2) is 41.6 Å². The SMILES string of the molecule is CC(C)(C)OC(=O)NCC(=O)Nc1ccc(N=NCCCC(=O)Oc2ccccc2)c(N)n1. The second kappa shape index (κ2) is 12.1. The lowest BCUT2D eigenvalue weighted by molar-refractivity contribution is -0.134. The van der Waals surface area contributed by atoms with Gasteiger partial charge in [0.05, 0.1) is 6.54 Å². The number of carbonyl (C=O) groups excluding carboxylic acids is 3. The first kappa shape index (κ1) is 25.2. The number of nitrogen functional groups attached to an aromatic ring is 1. The minimum Gasteiger partial charge on any atom is -0.444 e. The third-order valence-electron chi connectivity index (χ3n) is 3.75. The van der Waals surface area contributed by atoms with Gasteiger partial charge in [-0.1, -0.05) is 18.2 Å². The van der Waals surface area contributed by atoms with Crippen molar-refractivity contribution >= 4 is 35.3 Å². The highest BCUT2D eigenvalue weighted by Gasteiger charge is 2.16. The van der Waals surface area contributed by atoms with Crippen molar-refractivity contribution in [3.05, 3.63) is 42.5 Å². The second-order valence-corrected chi connectivity index (χ2v) is 7.86. The molecule has 0 aliphatic heterocycles. The molecule has 0 aliphatic rings. The van der Waals surface area contributed by atoms with Crippen molar-refractivity contribution in [1.82, 2.24) is 10.3 Å². The Morgan fingerprint density at radius 1 is 1.09 bits per heavy atom. The maximum Gasteiger partial charge on any atom is 0.408 e. The number of nitrogens with one attached hydrogen (secondary N) is 2. The predicted octanol–water partition coefficient (Wildman–Crippen LogP) is 3.60. The number of aromatic nitrogens is 1. The van der Waals surface area contributed by atoms with Crippen LogP contribution < -0.4 is 21.1 Å². The minimum absolute atomic E-state index is 0.0696. The zero-order valence-corrected chi connectivity index (χ0v) is 18.8. The molecule has 1 aromatic carbocycles. The molecule has 0 fully saturated rings. The highest BCUT2D eigenvalue weighted by Crippen LogP contribution is 2.22. The number of amides is 2. The number of hydrogen-bond donors (Lipinski definition) is 3. The van der Waals surface area contributed by atoms with E-state index in [1.165, 1.54) is 6.07 Å². The molecule has 11 heteroatoms. The van der Waals surface area contributed by atoms with Gasteiger partial charge >= 0.3 is 12.1 Å². The summed E-state index contributed by atoms with van der Waals surface area (Å²) in [6.45, 7) is 5.18. The van der Waals surface area contributed by atoms with Crippen molar-refractivity contribution in [3.8, 4) is 5.75 Å². The van der Waals surface area contributed by atoms with E-state index in [1.54, 1.807) is 51.1 Å². The van der Waals surface area contributed by atoms with Crippen LogP contribution in [0.5, 0.6) is 5.75 Å². The Kier molecular flexibility index (Phi) is 9.28. The maximum absolute atomic E-state index is 12.0. The van der Waals surface area contributed by atoms with Crippen LogP contribution in [0.1, 0.15) is 33.6 Å². The first-order chi connectivity index (χ1) is 15.6. The Balaban J connectivity index is 1.73. The molecular weight excluding hydrogens is 428 g/mol. The summed E-state index contributed by atoms with van der Waals surface area (Å²) in [5, 5.41) is 12.9. The van der Waals surface area contributed by atoms with Gasteiger partial charge in [-0.15, -0.1) is 0 Å². The number of benzene rings is 1. The Bertz CT molecular complexity index is 989. The zero-order chi connectivity index (χ0) is 24.3. The van der Waals surface area contributed by atoms with E-state index in [0.717, 1.165) is 0 Å². The molecule has 0 bridgehead atoms. The van der Waals surface area contributed by atoms with Crippen molar-refractivity contribution in [3.63, 3.8) is 0 Å². The van der Waals surface area contributed by atoms with Crippen LogP contribution in [0.4, 0.5) is 22.1 Å². The van der Waals surface area contributed by atoms with Crippen LogP contribution in [0.2, 0.25) is 0 Å². The van der Waals surface area contributed by atoms with E-state index < -0.39 is 17.6 Å². The molecule has 1 aromatic heterocycles. The van der Waals surface area contributed by atoms with Gasteiger partial charge in [0.15, 0.2) is 5.82 Å². The first-order valence-electron chi connectivity index (χ1n) is 10.3. The summed E-state index contributed by atoms with van der Waals surface area (Å²) < 4.78 is 10.2. The number of nitrogens with two attached hydrogens (primary N) is 1. The summed E-state index contributed by atoms with van der Waals surface area (Å²) >= 11 is 0. The molecular formula is C22H28N6O5. The van der Waals surface area contributed by atoms with Crippen molar-refractivity contribution in [2.24, 2.45) is 10.2 Å². The highest BCUT2D eigenvalue weighted by atomic mass is 16.6. The second-order valence-electron chi connectivity index (χ2n) is 7.86. The number of alkyl carbamates (subject to hydrolysis) is 1. The molecule has 33 heavy (non-hydrogen) atoms. The molecule has 2 aromatic rings. The fourth-order valence-electron chi connectivity index (χ4n) is 2.37. The molecule has 0 spiro atoms. The number of para-hydroxylation sites is 1. The molecule has 0 radical (unpaired) electrons. The summed E-state index contributed by atoms with van der Waals surface area (Å²) in [4.78, 5) is 39.4. The maximum atomic E-state index is 12.0. The summed E-state index contributed by atoms with van der Waals surface area (Å²) in [5.74, 6) is -0.0784. The molecule has 0 aliphatic carbocycles. The highest BCUT2D eigenvalue weighted by molar-refractivity contribution is 5.93. The van der Waals surface area contributed by atoms with Gasteiger partial charge in [-0.25, -0.2) is 9.78 Å². The average molecular weight is 457 g/mol. The molecule has 1 heterocycles. The zero-order valence-electron chi connectivity index (χ0n) is 18.8. The molecule has 0 saturated heterocycles. The Morgan fingerprint density at radius 2 is 1.82 bits per heavy atom. The first-order valence-corrected chi connectivity index (χ1v) is 10.3. The Morgan fingerprint density at radius 3 is 2.48 bits per heavy atom. The van der Waals surface area contributed by atoms with E-state index in [9.17, 15) is 14.4 Å². The number of azo groups is 1. The Labute approximate surface area is 191 Å². The van der Waals surface area contributed by atoms with Gasteiger partial charge in [-0.3, -0.25) is 9.59 Å². The molecule has 0 atom stereocenters. The minimum atomic E-state index is -0.700. The molecule has 11 nitrogen and oxygen atoms in total. The van der Waals surface area contributed by atoms with Crippen LogP contribution in [0.3, 0.4) is 0 Å². The quantitative estimate of drug-likeness (QED) is 0.225. The summed E-state index contributed by atoms with van der Waals surface area (Å²) in [7, 11) is 0. The third kappa shape index (κ3) is 10.2. The van der Waals surface area contributed by atoms with Crippen molar-refractivity contribution < 1.29 is 23.9 Å². The van der Waals surface area contributed by atoms with E-state index in [2.05, 4.69) is 25.8 Å². The molecule has 2 amide bonds. The fraction of sp³-hybridized carbons (Fsp3) is 0.364. The Hall–Kier alpha value is -4.02. The van der Waals surface area contributed by atoms with Gasteiger partial charge in [-0.2, -0.15) is 10.2 Å². The summed E-state index contributed by atoms with van der Waals surface area (Å²) in [6, 6.07) is 11.9. The summed E-state index contributed by atoms with van der Waals surface area (Å²) in [5.41, 5.74) is 5.52. The number of nitrogens with zero attached hydrogens (tertiary/aromatic N) is 3. The van der Waals surface area contributed by atoms with Crippen LogP contribution in [0, 0.1) is 0 Å². The van der Waals surface area contributed by atoms with Gasteiger partial charge in [0.2, 0.25) is 5.91 Å². The van der Waals surface area contributed by atoms with Gasteiger partial charge in [0.25, 0.3) is 0 Å². The third-order valence-corrected chi connectivity index (χ3v) is 3.75. The lowest BCUT2D eigenvalue weighted by Crippen LogP contribution is -2.37. The van der Waals surface area contributed by atoms with E-state index >= 15 is 0 Å². The number of rotatable bonds is 9. The normalized spacial score (nSPS) is 11.1. The van der Waals surface area contributed by atoms with E-state index in [1.807, 2.05) is 6.07 Å². The van der Waals surface area contributed by atoms with Crippen LogP contribution in [0.25, 0.3) is 0 Å². The molecule has 176 valence electrons. The summed E-state index contributed by atoms with van der Waals surface area (Å²) in [6.07, 6.45) is -0.0418. The number of esters is 1. The fourth-order valence-corrected chi connectivity index (χ4v) is 2.37. The smallest absolute Gasteiger partial charge is 0.408 e. The molecule has 0 unspecified atom stereocenters. The monoisotopic (exact) mass is 456 g/mol. The van der Waals surface area contributed by atoms with Gasteiger partial charge in [0.1, 0.15) is 29.4 Å². The lowest BCUT2D eigenvalue weighted by atomic mass is 10.2. The molecule has 0 saturated carbocycles. The molecule has 4 N–H and O–H groups in total. The number of ether oxygens (including phenoxy) is 2. The van der Waals surface area contributed by atoms with Crippen molar-refractivity contribution in [2.45, 2.75) is 39.2 Å². The number of hydrogen-bond acceptors (Lipinski definition) is 9. The van der Waals surface area contributed by atoms with Gasteiger partial charge in [0, 0.05) is 6.42 Å².